The van der Waals surface area contributed by atoms with E-state index in [1.54, 1.807) is 0 Å². The highest BCUT2D eigenvalue weighted by Crippen LogP contribution is 2.45. The molecule has 0 atom stereocenters. The third-order valence-electron chi connectivity index (χ3n) is 9.14. The first-order valence-electron chi connectivity index (χ1n) is 15.9. The number of fused-ring (bicyclic) bond motifs is 8. The Hall–Kier alpha value is -6.17. The Morgan fingerprint density at radius 2 is 1.04 bits per heavy atom. The van der Waals surface area contributed by atoms with E-state index >= 15 is 0 Å². The summed E-state index contributed by atoms with van der Waals surface area (Å²) in [4.78, 5) is 15.0. The minimum absolute atomic E-state index is 0.610. The molecular formula is C43H25N3OS. The number of benzene rings is 7. The lowest BCUT2D eigenvalue weighted by molar-refractivity contribution is 0.670. The zero-order valence-corrected chi connectivity index (χ0v) is 26.4. The lowest BCUT2D eigenvalue weighted by Gasteiger charge is -2.10. The van der Waals surface area contributed by atoms with Crippen molar-refractivity contribution in [1.82, 2.24) is 15.0 Å². The van der Waals surface area contributed by atoms with E-state index in [1.807, 2.05) is 84.1 Å². The molecule has 0 fully saturated rings. The van der Waals surface area contributed by atoms with Crippen molar-refractivity contribution in [3.63, 3.8) is 0 Å². The first-order chi connectivity index (χ1) is 23.8. The highest BCUT2D eigenvalue weighted by atomic mass is 32.1. The predicted molar refractivity (Wildman–Crippen MR) is 199 cm³/mol. The highest BCUT2D eigenvalue weighted by Gasteiger charge is 2.21. The van der Waals surface area contributed by atoms with Crippen LogP contribution < -0.4 is 0 Å². The summed E-state index contributed by atoms with van der Waals surface area (Å²) >= 11 is 1.86. The summed E-state index contributed by atoms with van der Waals surface area (Å²) in [5.74, 6) is 1.87. The van der Waals surface area contributed by atoms with Crippen LogP contribution >= 0.6 is 11.3 Å². The van der Waals surface area contributed by atoms with Gasteiger partial charge in [0.05, 0.1) is 0 Å². The normalized spacial score (nSPS) is 11.8. The molecule has 0 bridgehead atoms. The SMILES string of the molecule is c1ccc(-c2nc(-c3ccccc3)nc(-c3cccc4oc5c(-c6cccc7ccc8c9ccccc9sc8c67)cccc5c34)n2)cc1. The molecule has 0 amide bonds. The Morgan fingerprint density at radius 3 is 1.83 bits per heavy atom. The zero-order chi connectivity index (χ0) is 31.6. The van der Waals surface area contributed by atoms with Crippen LogP contribution in [0, 0.1) is 0 Å². The molecule has 10 rings (SSSR count). The molecule has 7 aromatic carbocycles. The van der Waals surface area contributed by atoms with E-state index in [9.17, 15) is 0 Å². The second-order valence-electron chi connectivity index (χ2n) is 11.9. The Balaban J connectivity index is 1.23. The maximum Gasteiger partial charge on any atom is 0.164 e. The number of thiophene rings is 1. The van der Waals surface area contributed by atoms with Crippen LogP contribution in [-0.4, -0.2) is 15.0 Å². The van der Waals surface area contributed by atoms with Gasteiger partial charge in [0.15, 0.2) is 17.5 Å². The van der Waals surface area contributed by atoms with Gasteiger partial charge in [-0.1, -0.05) is 140 Å². The Labute approximate surface area is 279 Å². The van der Waals surface area contributed by atoms with Gasteiger partial charge in [0.25, 0.3) is 0 Å². The molecule has 0 N–H and O–H groups in total. The van der Waals surface area contributed by atoms with Crippen LogP contribution in [0.1, 0.15) is 0 Å². The Morgan fingerprint density at radius 1 is 0.417 bits per heavy atom. The molecule has 0 saturated heterocycles. The number of aromatic nitrogens is 3. The lowest BCUT2D eigenvalue weighted by atomic mass is 9.95. The standard InChI is InChI=1S/C43H25N3OS/c1-3-12-27(13-4-1)41-44-42(28-14-5-2-6-15-28)46-43(45-41)34-21-11-22-35-38(34)33-20-10-19-31(39(33)47-35)30-18-9-16-26-24-25-32-29-17-7-8-23-36(29)48-40(32)37(26)30/h1-25H. The second kappa shape index (κ2) is 10.7. The Kier molecular flexibility index (Phi) is 6.01. The van der Waals surface area contributed by atoms with Gasteiger partial charge in [-0.15, -0.1) is 11.3 Å². The third kappa shape index (κ3) is 4.18. The van der Waals surface area contributed by atoms with E-state index in [0.29, 0.717) is 17.5 Å². The average Bonchev–Trinajstić information content (AvgIpc) is 3.74. The van der Waals surface area contributed by atoms with Gasteiger partial charge < -0.3 is 4.42 Å². The smallest absolute Gasteiger partial charge is 0.164 e. The van der Waals surface area contributed by atoms with Gasteiger partial charge >= 0.3 is 0 Å². The summed E-state index contributed by atoms with van der Waals surface area (Å²) < 4.78 is 9.37. The van der Waals surface area contributed by atoms with Crippen molar-refractivity contribution < 1.29 is 4.42 Å². The molecular weight excluding hydrogens is 607 g/mol. The molecule has 0 unspecified atom stereocenters. The van der Waals surface area contributed by atoms with Gasteiger partial charge in [0, 0.05) is 58.6 Å². The van der Waals surface area contributed by atoms with E-state index in [2.05, 4.69) is 78.9 Å². The van der Waals surface area contributed by atoms with E-state index in [4.69, 9.17) is 19.4 Å². The molecule has 3 aromatic heterocycles. The molecule has 48 heavy (non-hydrogen) atoms. The van der Waals surface area contributed by atoms with Crippen molar-refractivity contribution in [2.24, 2.45) is 0 Å². The van der Waals surface area contributed by atoms with Gasteiger partial charge in [-0.2, -0.15) is 0 Å². The topological polar surface area (TPSA) is 51.8 Å². The van der Waals surface area contributed by atoms with Crippen LogP contribution in [0.15, 0.2) is 156 Å². The summed E-state index contributed by atoms with van der Waals surface area (Å²) in [7, 11) is 0. The summed E-state index contributed by atoms with van der Waals surface area (Å²) in [5, 5.41) is 7.07. The van der Waals surface area contributed by atoms with Crippen LogP contribution in [0.3, 0.4) is 0 Å². The fourth-order valence-corrected chi connectivity index (χ4v) is 8.22. The van der Waals surface area contributed by atoms with Crippen molar-refractivity contribution in [1.29, 1.82) is 0 Å². The number of furan rings is 1. The number of hydrogen-bond donors (Lipinski definition) is 0. The fourth-order valence-electron chi connectivity index (χ4n) is 6.95. The van der Waals surface area contributed by atoms with Gasteiger partial charge in [0.1, 0.15) is 11.2 Å². The summed E-state index contributed by atoms with van der Waals surface area (Å²) in [6.45, 7) is 0. The van der Waals surface area contributed by atoms with Gasteiger partial charge in [-0.3, -0.25) is 0 Å². The largest absolute Gasteiger partial charge is 0.455 e. The third-order valence-corrected chi connectivity index (χ3v) is 10.3. The quantitative estimate of drug-likeness (QED) is 0.194. The summed E-state index contributed by atoms with van der Waals surface area (Å²) in [6.07, 6.45) is 0. The molecule has 5 heteroatoms. The van der Waals surface area contributed by atoms with Crippen LogP contribution in [0.25, 0.3) is 98.2 Å². The lowest BCUT2D eigenvalue weighted by Crippen LogP contribution is -2.00. The monoisotopic (exact) mass is 631 g/mol. The molecule has 10 aromatic rings. The summed E-state index contributed by atoms with van der Waals surface area (Å²) in [5.41, 5.74) is 6.66. The first-order valence-corrected chi connectivity index (χ1v) is 16.8. The summed E-state index contributed by atoms with van der Waals surface area (Å²) in [6, 6.07) is 52.5. The van der Waals surface area contributed by atoms with Gasteiger partial charge in [0.2, 0.25) is 0 Å². The molecule has 3 heterocycles. The van der Waals surface area contributed by atoms with Crippen LogP contribution in [0.4, 0.5) is 0 Å². The molecule has 0 aliphatic carbocycles. The van der Waals surface area contributed by atoms with Gasteiger partial charge in [-0.25, -0.2) is 15.0 Å². The molecule has 4 nitrogen and oxygen atoms in total. The maximum atomic E-state index is 6.78. The molecule has 0 aliphatic heterocycles. The molecule has 0 saturated carbocycles. The number of hydrogen-bond acceptors (Lipinski definition) is 5. The van der Waals surface area contributed by atoms with E-state index < -0.39 is 0 Å². The number of nitrogens with zero attached hydrogens (tertiary/aromatic N) is 3. The van der Waals surface area contributed by atoms with Crippen molar-refractivity contribution >= 4 is 64.2 Å². The molecule has 224 valence electrons. The fraction of sp³-hybridized carbons (Fsp3) is 0. The highest BCUT2D eigenvalue weighted by molar-refractivity contribution is 7.26. The first kappa shape index (κ1) is 27.0. The van der Waals surface area contributed by atoms with E-state index in [-0.39, 0.29) is 0 Å². The molecule has 0 radical (unpaired) electrons. The van der Waals surface area contributed by atoms with Crippen LogP contribution in [0.5, 0.6) is 0 Å². The van der Waals surface area contributed by atoms with Crippen LogP contribution in [0.2, 0.25) is 0 Å². The maximum absolute atomic E-state index is 6.78. The predicted octanol–water partition coefficient (Wildman–Crippen LogP) is 12.0. The minimum Gasteiger partial charge on any atom is -0.455 e. The van der Waals surface area contributed by atoms with Crippen molar-refractivity contribution in [3.8, 4) is 45.3 Å². The zero-order valence-electron chi connectivity index (χ0n) is 25.6. The second-order valence-corrected chi connectivity index (χ2v) is 13.0. The van der Waals surface area contributed by atoms with Crippen molar-refractivity contribution in [2.45, 2.75) is 0 Å². The number of rotatable bonds is 4. The molecule has 0 spiro atoms. The van der Waals surface area contributed by atoms with Crippen LogP contribution in [-0.2, 0) is 0 Å². The average molecular weight is 632 g/mol. The molecule has 0 aliphatic rings. The van der Waals surface area contributed by atoms with Gasteiger partial charge in [-0.05, 0) is 23.1 Å². The Bertz CT molecular complexity index is 2780. The van der Waals surface area contributed by atoms with E-state index in [0.717, 1.165) is 49.8 Å². The van der Waals surface area contributed by atoms with Crippen molar-refractivity contribution in [3.05, 3.63) is 152 Å². The van der Waals surface area contributed by atoms with Crippen molar-refractivity contribution in [2.75, 3.05) is 0 Å². The minimum atomic E-state index is 0.610. The van der Waals surface area contributed by atoms with E-state index in [1.165, 1.54) is 30.9 Å². The number of para-hydroxylation sites is 1.